The van der Waals surface area contributed by atoms with Crippen LogP contribution in [0.25, 0.3) is 0 Å². The van der Waals surface area contributed by atoms with Crippen LogP contribution in [-0.2, 0) is 0 Å². The maximum atomic E-state index is 10.1. The molecule has 1 aromatic heterocycles. The molecule has 10 heavy (non-hydrogen) atoms. The molecule has 0 saturated heterocycles. The third-order valence-electron chi connectivity index (χ3n) is 0.951. The highest BCUT2D eigenvalue weighted by atomic mass is 16.1. The molecule has 0 unspecified atom stereocenters. The van der Waals surface area contributed by atoms with Gasteiger partial charge in [-0.15, -0.1) is 5.10 Å². The van der Waals surface area contributed by atoms with Gasteiger partial charge in [-0.2, -0.15) is 5.10 Å². The lowest BCUT2D eigenvalue weighted by molar-refractivity contribution is 0.111. The SMILES string of the molecule is O=Cc1cnnc(C=O)c1. The summed E-state index contributed by atoms with van der Waals surface area (Å²) in [4.78, 5) is 20.1. The average Bonchev–Trinajstić information content (AvgIpc) is 2.05. The van der Waals surface area contributed by atoms with E-state index in [4.69, 9.17) is 0 Å². The quantitative estimate of drug-likeness (QED) is 0.541. The van der Waals surface area contributed by atoms with Crippen LogP contribution < -0.4 is 0 Å². The molecule has 0 bridgehead atoms. The number of carbonyl (C=O) groups is 2. The van der Waals surface area contributed by atoms with Gasteiger partial charge in [0.15, 0.2) is 12.6 Å². The Bertz CT molecular complexity index is 236. The number of nitrogens with zero attached hydrogens (tertiary/aromatic N) is 2. The van der Waals surface area contributed by atoms with Crippen LogP contribution in [0.2, 0.25) is 0 Å². The molecule has 0 aliphatic rings. The fraction of sp³-hybridized carbons (Fsp3) is 0. The van der Waals surface area contributed by atoms with Crippen molar-refractivity contribution in [1.29, 1.82) is 0 Å². The summed E-state index contributed by atoms with van der Waals surface area (Å²) in [5.74, 6) is 0. The second-order valence-electron chi connectivity index (χ2n) is 1.65. The molecular weight excluding hydrogens is 132 g/mol. The summed E-state index contributed by atoms with van der Waals surface area (Å²) in [7, 11) is 0. The minimum Gasteiger partial charge on any atom is -0.298 e. The number of hydrogen-bond donors (Lipinski definition) is 0. The van der Waals surface area contributed by atoms with E-state index in [2.05, 4.69) is 10.2 Å². The van der Waals surface area contributed by atoms with E-state index < -0.39 is 0 Å². The Kier molecular flexibility index (Phi) is 1.84. The summed E-state index contributed by atoms with van der Waals surface area (Å²) in [6.45, 7) is 0. The van der Waals surface area contributed by atoms with E-state index in [-0.39, 0.29) is 5.69 Å². The summed E-state index contributed by atoms with van der Waals surface area (Å²) in [5, 5.41) is 6.84. The Morgan fingerprint density at radius 2 is 2.10 bits per heavy atom. The van der Waals surface area contributed by atoms with Crippen molar-refractivity contribution in [3.8, 4) is 0 Å². The fourth-order valence-electron chi connectivity index (χ4n) is 0.521. The molecule has 0 atom stereocenters. The Balaban J connectivity index is 3.09. The van der Waals surface area contributed by atoms with Gasteiger partial charge in [0, 0.05) is 5.56 Å². The lowest BCUT2D eigenvalue weighted by Crippen LogP contribution is -1.92. The van der Waals surface area contributed by atoms with E-state index in [1.807, 2.05) is 0 Å². The minimum absolute atomic E-state index is 0.171. The molecule has 0 aliphatic carbocycles. The molecule has 0 saturated carbocycles. The Morgan fingerprint density at radius 1 is 1.30 bits per heavy atom. The van der Waals surface area contributed by atoms with Gasteiger partial charge in [-0.1, -0.05) is 0 Å². The lowest BCUT2D eigenvalue weighted by Gasteiger charge is -1.87. The van der Waals surface area contributed by atoms with Crippen LogP contribution in [0.15, 0.2) is 12.3 Å². The van der Waals surface area contributed by atoms with Crippen molar-refractivity contribution in [2.75, 3.05) is 0 Å². The normalized spacial score (nSPS) is 8.80. The second kappa shape index (κ2) is 2.82. The highest BCUT2D eigenvalue weighted by molar-refractivity contribution is 5.79. The molecule has 50 valence electrons. The van der Waals surface area contributed by atoms with Crippen LogP contribution in [0.4, 0.5) is 0 Å². The Labute approximate surface area is 56.9 Å². The maximum absolute atomic E-state index is 10.1. The Hall–Kier alpha value is -1.58. The summed E-state index contributed by atoms with van der Waals surface area (Å²) >= 11 is 0. The first-order chi connectivity index (χ1) is 4.86. The lowest BCUT2D eigenvalue weighted by atomic mass is 10.3. The predicted molar refractivity (Wildman–Crippen MR) is 32.8 cm³/mol. The number of carbonyl (C=O) groups excluding carboxylic acids is 2. The maximum Gasteiger partial charge on any atom is 0.170 e. The predicted octanol–water partition coefficient (Wildman–Crippen LogP) is 0.102. The molecule has 0 N–H and O–H groups in total. The number of hydrogen-bond acceptors (Lipinski definition) is 4. The van der Waals surface area contributed by atoms with E-state index in [0.717, 1.165) is 0 Å². The van der Waals surface area contributed by atoms with Crippen LogP contribution in [0.5, 0.6) is 0 Å². The van der Waals surface area contributed by atoms with Crippen molar-refractivity contribution in [3.63, 3.8) is 0 Å². The highest BCUT2D eigenvalue weighted by Gasteiger charge is 1.93. The average molecular weight is 136 g/mol. The number of rotatable bonds is 2. The van der Waals surface area contributed by atoms with Crippen molar-refractivity contribution in [2.24, 2.45) is 0 Å². The molecule has 1 rings (SSSR count). The molecule has 0 fully saturated rings. The third kappa shape index (κ3) is 1.22. The third-order valence-corrected chi connectivity index (χ3v) is 0.951. The molecule has 0 spiro atoms. The smallest absolute Gasteiger partial charge is 0.170 e. The summed E-state index contributed by atoms with van der Waals surface area (Å²) < 4.78 is 0. The topological polar surface area (TPSA) is 59.9 Å². The van der Waals surface area contributed by atoms with E-state index in [1.54, 1.807) is 0 Å². The zero-order valence-corrected chi connectivity index (χ0v) is 5.02. The van der Waals surface area contributed by atoms with Crippen molar-refractivity contribution in [2.45, 2.75) is 0 Å². The van der Waals surface area contributed by atoms with Gasteiger partial charge in [-0.05, 0) is 6.07 Å². The van der Waals surface area contributed by atoms with Crippen LogP contribution in [0.1, 0.15) is 20.8 Å². The van der Waals surface area contributed by atoms with Crippen LogP contribution in [0.3, 0.4) is 0 Å². The highest BCUT2D eigenvalue weighted by Crippen LogP contribution is 1.92. The number of aromatic nitrogens is 2. The van der Waals surface area contributed by atoms with E-state index in [1.165, 1.54) is 12.3 Å². The molecule has 4 heteroatoms. The zero-order chi connectivity index (χ0) is 7.40. The summed E-state index contributed by atoms with van der Waals surface area (Å²) in [5.41, 5.74) is 0.529. The molecule has 0 radical (unpaired) electrons. The van der Waals surface area contributed by atoms with Gasteiger partial charge in [0.1, 0.15) is 5.69 Å². The molecule has 0 aromatic carbocycles. The first-order valence-electron chi connectivity index (χ1n) is 2.60. The van der Waals surface area contributed by atoms with Gasteiger partial charge in [0.25, 0.3) is 0 Å². The van der Waals surface area contributed by atoms with Crippen molar-refractivity contribution >= 4 is 12.6 Å². The first kappa shape index (κ1) is 6.54. The largest absolute Gasteiger partial charge is 0.298 e. The van der Waals surface area contributed by atoms with Gasteiger partial charge >= 0.3 is 0 Å². The van der Waals surface area contributed by atoms with E-state index >= 15 is 0 Å². The molecule has 0 aliphatic heterocycles. The monoisotopic (exact) mass is 136 g/mol. The summed E-state index contributed by atoms with van der Waals surface area (Å²) in [6, 6.07) is 1.37. The second-order valence-corrected chi connectivity index (χ2v) is 1.65. The first-order valence-corrected chi connectivity index (χ1v) is 2.60. The van der Waals surface area contributed by atoms with Gasteiger partial charge in [0.2, 0.25) is 0 Å². The van der Waals surface area contributed by atoms with Crippen LogP contribution >= 0.6 is 0 Å². The molecule has 1 heterocycles. The van der Waals surface area contributed by atoms with Gasteiger partial charge < -0.3 is 0 Å². The van der Waals surface area contributed by atoms with Gasteiger partial charge in [-0.25, -0.2) is 0 Å². The van der Waals surface area contributed by atoms with Crippen LogP contribution in [-0.4, -0.2) is 22.8 Å². The van der Waals surface area contributed by atoms with E-state index in [0.29, 0.717) is 18.1 Å². The number of aldehydes is 2. The van der Waals surface area contributed by atoms with E-state index in [9.17, 15) is 9.59 Å². The molecule has 0 amide bonds. The standard InChI is InChI=1S/C6H4N2O2/c9-3-5-1-6(4-10)8-7-2-5/h1-4H. The van der Waals surface area contributed by atoms with Crippen molar-refractivity contribution < 1.29 is 9.59 Å². The van der Waals surface area contributed by atoms with Crippen molar-refractivity contribution in [3.05, 3.63) is 23.5 Å². The molecule has 4 nitrogen and oxygen atoms in total. The Morgan fingerprint density at radius 3 is 2.70 bits per heavy atom. The molecular formula is C6H4N2O2. The minimum atomic E-state index is 0.171. The van der Waals surface area contributed by atoms with Crippen LogP contribution in [0, 0.1) is 0 Å². The van der Waals surface area contributed by atoms with Crippen molar-refractivity contribution in [1.82, 2.24) is 10.2 Å². The summed E-state index contributed by atoms with van der Waals surface area (Å²) in [6.07, 6.45) is 2.45. The zero-order valence-electron chi connectivity index (χ0n) is 5.02. The molecule has 1 aromatic rings. The fourth-order valence-corrected chi connectivity index (χ4v) is 0.521. The van der Waals surface area contributed by atoms with Gasteiger partial charge in [0.05, 0.1) is 6.20 Å². The van der Waals surface area contributed by atoms with Gasteiger partial charge in [-0.3, -0.25) is 9.59 Å².